The molecule has 1 N–H and O–H groups in total. The molecule has 0 bridgehead atoms. The van der Waals surface area contributed by atoms with Crippen molar-refractivity contribution in [2.45, 2.75) is 20.3 Å². The molecule has 0 unspecified atom stereocenters. The molecule has 2 aromatic carbocycles. The minimum absolute atomic E-state index is 0.0546. The summed E-state index contributed by atoms with van der Waals surface area (Å²) in [6, 6.07) is 9.91. The smallest absolute Gasteiger partial charge is 0.310 e. The van der Waals surface area contributed by atoms with Crippen LogP contribution in [0.1, 0.15) is 16.7 Å². The van der Waals surface area contributed by atoms with Gasteiger partial charge < -0.3 is 14.8 Å². The zero-order valence-corrected chi connectivity index (χ0v) is 15.3. The Morgan fingerprint density at radius 2 is 1.85 bits per heavy atom. The highest BCUT2D eigenvalue weighted by atomic mass is 16.6. The lowest BCUT2D eigenvalue weighted by atomic mass is 10.1. The standard InChI is InChI=1S/C19H20N2O6/c1-12-8-9-15(21(24)25)19(13(12)2)20-17(22)11-27-18(23)10-14-6-4-5-7-16(14)26-3/h4-9H,10-11H2,1-3H3,(H,20,22). The largest absolute Gasteiger partial charge is 0.496 e. The third kappa shape index (κ3) is 5.04. The Morgan fingerprint density at radius 1 is 1.15 bits per heavy atom. The van der Waals surface area contributed by atoms with Crippen molar-refractivity contribution >= 4 is 23.3 Å². The SMILES string of the molecule is COc1ccccc1CC(=O)OCC(=O)Nc1c([N+](=O)[O-])ccc(C)c1C. The predicted molar refractivity (Wildman–Crippen MR) is 98.9 cm³/mol. The number of hydrogen-bond donors (Lipinski definition) is 1. The van der Waals surface area contributed by atoms with Crippen LogP contribution < -0.4 is 10.1 Å². The first kappa shape index (κ1) is 19.9. The summed E-state index contributed by atoms with van der Waals surface area (Å²) in [5.74, 6) is -0.713. The Bertz CT molecular complexity index is 878. The van der Waals surface area contributed by atoms with E-state index in [4.69, 9.17) is 9.47 Å². The van der Waals surface area contributed by atoms with Crippen molar-refractivity contribution in [3.8, 4) is 5.75 Å². The first-order chi connectivity index (χ1) is 12.8. The first-order valence-electron chi connectivity index (χ1n) is 8.15. The van der Waals surface area contributed by atoms with Crippen LogP contribution in [0.4, 0.5) is 11.4 Å². The zero-order valence-electron chi connectivity index (χ0n) is 15.3. The van der Waals surface area contributed by atoms with E-state index in [1.54, 1.807) is 44.2 Å². The Balaban J connectivity index is 2.00. The average molecular weight is 372 g/mol. The molecule has 0 radical (unpaired) electrons. The molecule has 0 atom stereocenters. The van der Waals surface area contributed by atoms with E-state index >= 15 is 0 Å². The number of nitrogens with zero attached hydrogens (tertiary/aromatic N) is 1. The van der Waals surface area contributed by atoms with E-state index in [1.165, 1.54) is 13.2 Å². The summed E-state index contributed by atoms with van der Waals surface area (Å²) in [5, 5.41) is 13.6. The van der Waals surface area contributed by atoms with Crippen LogP contribution in [-0.4, -0.2) is 30.5 Å². The topological polar surface area (TPSA) is 108 Å². The summed E-state index contributed by atoms with van der Waals surface area (Å²) in [7, 11) is 1.49. The second kappa shape index (κ2) is 8.79. The van der Waals surface area contributed by atoms with E-state index < -0.39 is 23.4 Å². The van der Waals surface area contributed by atoms with Crippen LogP contribution in [0.25, 0.3) is 0 Å². The number of methoxy groups -OCH3 is 1. The van der Waals surface area contributed by atoms with Crippen molar-refractivity contribution in [2.24, 2.45) is 0 Å². The van der Waals surface area contributed by atoms with Crippen molar-refractivity contribution in [1.82, 2.24) is 0 Å². The van der Waals surface area contributed by atoms with Crippen LogP contribution in [0.5, 0.6) is 5.75 Å². The van der Waals surface area contributed by atoms with Gasteiger partial charge in [0.2, 0.25) is 0 Å². The highest BCUT2D eigenvalue weighted by Crippen LogP contribution is 2.30. The Morgan fingerprint density at radius 3 is 2.52 bits per heavy atom. The number of rotatable bonds is 7. The molecule has 0 spiro atoms. The molecule has 0 aliphatic heterocycles. The van der Waals surface area contributed by atoms with Crippen LogP contribution in [0.15, 0.2) is 36.4 Å². The number of nitro groups is 1. The number of amides is 1. The predicted octanol–water partition coefficient (Wildman–Crippen LogP) is 2.94. The summed E-state index contributed by atoms with van der Waals surface area (Å²) in [6.45, 7) is 2.91. The molecule has 0 aromatic heterocycles. The van der Waals surface area contributed by atoms with E-state index in [0.717, 1.165) is 5.56 Å². The van der Waals surface area contributed by atoms with E-state index in [1.807, 2.05) is 0 Å². The van der Waals surface area contributed by atoms with Crippen LogP contribution in [0.3, 0.4) is 0 Å². The molecule has 0 heterocycles. The van der Waals surface area contributed by atoms with Gasteiger partial charge in [-0.2, -0.15) is 0 Å². The van der Waals surface area contributed by atoms with Crippen LogP contribution in [0, 0.1) is 24.0 Å². The summed E-state index contributed by atoms with van der Waals surface area (Å²) in [5.41, 5.74) is 1.90. The molecule has 0 saturated carbocycles. The molecule has 0 fully saturated rings. The number of carbonyl (C=O) groups excluding carboxylic acids is 2. The number of aryl methyl sites for hydroxylation is 1. The highest BCUT2D eigenvalue weighted by molar-refractivity contribution is 5.96. The Labute approximate surface area is 156 Å². The number of benzene rings is 2. The molecule has 0 aliphatic carbocycles. The monoisotopic (exact) mass is 372 g/mol. The van der Waals surface area contributed by atoms with Gasteiger partial charge in [-0.05, 0) is 31.0 Å². The maximum absolute atomic E-state index is 12.1. The molecule has 2 aromatic rings. The van der Waals surface area contributed by atoms with Gasteiger partial charge in [-0.15, -0.1) is 0 Å². The average Bonchev–Trinajstić information content (AvgIpc) is 2.64. The summed E-state index contributed by atoms with van der Waals surface area (Å²) in [6.07, 6.45) is -0.0546. The van der Waals surface area contributed by atoms with Crippen molar-refractivity contribution in [2.75, 3.05) is 19.0 Å². The molecule has 142 valence electrons. The lowest BCUT2D eigenvalue weighted by Gasteiger charge is -2.12. The number of nitro benzene ring substituents is 1. The highest BCUT2D eigenvalue weighted by Gasteiger charge is 2.20. The maximum Gasteiger partial charge on any atom is 0.310 e. The van der Waals surface area contributed by atoms with Gasteiger partial charge in [-0.1, -0.05) is 24.3 Å². The molecule has 2 rings (SSSR count). The van der Waals surface area contributed by atoms with Gasteiger partial charge in [-0.3, -0.25) is 19.7 Å². The fourth-order valence-corrected chi connectivity index (χ4v) is 2.49. The van der Waals surface area contributed by atoms with Crippen molar-refractivity contribution in [1.29, 1.82) is 0 Å². The quantitative estimate of drug-likeness (QED) is 0.455. The number of anilines is 1. The van der Waals surface area contributed by atoms with Gasteiger partial charge in [0.25, 0.3) is 11.6 Å². The summed E-state index contributed by atoms with van der Waals surface area (Å²) >= 11 is 0. The van der Waals surface area contributed by atoms with Crippen LogP contribution in [-0.2, 0) is 20.7 Å². The Hall–Kier alpha value is -3.42. The molecular formula is C19H20N2O6. The van der Waals surface area contributed by atoms with E-state index in [2.05, 4.69) is 5.32 Å². The van der Waals surface area contributed by atoms with Crippen LogP contribution in [0.2, 0.25) is 0 Å². The number of para-hydroxylation sites is 1. The number of ether oxygens (including phenoxy) is 2. The normalized spacial score (nSPS) is 10.2. The molecule has 27 heavy (non-hydrogen) atoms. The molecule has 0 aliphatic rings. The molecule has 1 amide bonds. The zero-order chi connectivity index (χ0) is 20.0. The number of nitrogens with one attached hydrogen (secondary N) is 1. The van der Waals surface area contributed by atoms with Gasteiger partial charge in [0, 0.05) is 11.6 Å². The third-order valence-electron chi connectivity index (χ3n) is 4.07. The van der Waals surface area contributed by atoms with E-state index in [9.17, 15) is 19.7 Å². The Kier molecular flexibility index (Phi) is 6.48. The second-order valence-corrected chi connectivity index (χ2v) is 5.86. The molecule has 8 nitrogen and oxygen atoms in total. The third-order valence-corrected chi connectivity index (χ3v) is 4.07. The van der Waals surface area contributed by atoms with Gasteiger partial charge in [0.1, 0.15) is 11.4 Å². The molecule has 0 saturated heterocycles. The molecule has 8 heteroatoms. The minimum atomic E-state index is -0.653. The van der Waals surface area contributed by atoms with Crippen LogP contribution >= 0.6 is 0 Å². The lowest BCUT2D eigenvalue weighted by Crippen LogP contribution is -2.22. The van der Waals surface area contributed by atoms with Gasteiger partial charge in [-0.25, -0.2) is 0 Å². The maximum atomic E-state index is 12.1. The molecular weight excluding hydrogens is 352 g/mol. The van der Waals surface area contributed by atoms with Crippen molar-refractivity contribution in [3.63, 3.8) is 0 Å². The fourth-order valence-electron chi connectivity index (χ4n) is 2.49. The number of hydrogen-bond acceptors (Lipinski definition) is 6. The van der Waals surface area contributed by atoms with E-state index in [-0.39, 0.29) is 17.8 Å². The van der Waals surface area contributed by atoms with Crippen molar-refractivity contribution < 1.29 is 24.0 Å². The first-order valence-corrected chi connectivity index (χ1v) is 8.15. The van der Waals surface area contributed by atoms with Gasteiger partial charge in [0.05, 0.1) is 18.5 Å². The summed E-state index contributed by atoms with van der Waals surface area (Å²) < 4.78 is 10.1. The summed E-state index contributed by atoms with van der Waals surface area (Å²) in [4.78, 5) is 34.6. The van der Waals surface area contributed by atoms with E-state index in [0.29, 0.717) is 16.9 Å². The number of esters is 1. The van der Waals surface area contributed by atoms with Gasteiger partial charge >= 0.3 is 5.97 Å². The fraction of sp³-hybridized carbons (Fsp3) is 0.263. The second-order valence-electron chi connectivity index (χ2n) is 5.86. The van der Waals surface area contributed by atoms with Crippen molar-refractivity contribution in [3.05, 3.63) is 63.2 Å². The number of carbonyl (C=O) groups is 2. The lowest BCUT2D eigenvalue weighted by molar-refractivity contribution is -0.384. The minimum Gasteiger partial charge on any atom is -0.496 e. The van der Waals surface area contributed by atoms with Gasteiger partial charge in [0.15, 0.2) is 6.61 Å².